The summed E-state index contributed by atoms with van der Waals surface area (Å²) < 4.78 is 14.9. The number of halogens is 1. The van der Waals surface area contributed by atoms with Crippen LogP contribution in [0.25, 0.3) is 0 Å². The lowest BCUT2D eigenvalue weighted by atomic mass is 10.1. The number of carboxylic acid groups (broad SMARTS) is 1. The molecule has 0 fully saturated rings. The second-order valence-electron chi connectivity index (χ2n) is 6.38. The maximum absolute atomic E-state index is 13.1. The van der Waals surface area contributed by atoms with Crippen molar-refractivity contribution < 1.29 is 14.3 Å². The van der Waals surface area contributed by atoms with Crippen LogP contribution in [0, 0.1) is 5.82 Å². The van der Waals surface area contributed by atoms with Gasteiger partial charge >= 0.3 is 5.97 Å². The lowest BCUT2D eigenvalue weighted by Gasteiger charge is -2.13. The highest BCUT2D eigenvalue weighted by atomic mass is 32.2. The zero-order chi connectivity index (χ0) is 20.6. The van der Waals surface area contributed by atoms with E-state index in [1.807, 2.05) is 0 Å². The molecule has 150 valence electrons. The first-order valence-corrected chi connectivity index (χ1v) is 9.93. The molecule has 0 bridgehead atoms. The van der Waals surface area contributed by atoms with Gasteiger partial charge in [0.15, 0.2) is 5.16 Å². The number of rotatable bonds is 9. The van der Waals surface area contributed by atoms with Crippen LogP contribution in [0.2, 0.25) is 0 Å². The first kappa shape index (κ1) is 20.7. The molecule has 7 nitrogen and oxygen atoms in total. The molecule has 29 heavy (non-hydrogen) atoms. The van der Waals surface area contributed by atoms with Crippen LogP contribution < -0.4 is 5.56 Å². The van der Waals surface area contributed by atoms with Crippen LogP contribution in [0.15, 0.2) is 59.1 Å². The number of benzene rings is 1. The van der Waals surface area contributed by atoms with E-state index in [0.29, 0.717) is 35.9 Å². The van der Waals surface area contributed by atoms with E-state index in [0.717, 1.165) is 11.1 Å². The quantitative estimate of drug-likeness (QED) is 0.425. The van der Waals surface area contributed by atoms with Gasteiger partial charge in [0.25, 0.3) is 5.56 Å². The molecule has 0 saturated heterocycles. The highest BCUT2D eigenvalue weighted by Gasteiger charge is 2.11. The minimum Gasteiger partial charge on any atom is -0.481 e. The number of aromatic nitrogens is 4. The number of carboxylic acids is 1. The molecule has 2 heterocycles. The van der Waals surface area contributed by atoms with Crippen LogP contribution in [0.4, 0.5) is 4.39 Å². The van der Waals surface area contributed by atoms with Gasteiger partial charge in [-0.25, -0.2) is 14.4 Å². The fourth-order valence-electron chi connectivity index (χ4n) is 2.69. The molecule has 0 aliphatic heterocycles. The van der Waals surface area contributed by atoms with E-state index < -0.39 is 5.97 Å². The summed E-state index contributed by atoms with van der Waals surface area (Å²) in [7, 11) is 0. The monoisotopic (exact) mass is 414 g/mol. The van der Waals surface area contributed by atoms with Crippen LogP contribution in [0.1, 0.15) is 29.5 Å². The molecule has 3 rings (SSSR count). The molecule has 0 amide bonds. The Balaban J connectivity index is 1.82. The number of hydrogen-bond donors (Lipinski definition) is 1. The van der Waals surface area contributed by atoms with Crippen LogP contribution in [-0.2, 0) is 23.5 Å². The van der Waals surface area contributed by atoms with Crippen LogP contribution >= 0.6 is 11.8 Å². The molecular weight excluding hydrogens is 395 g/mol. The average molecular weight is 414 g/mol. The number of aryl methyl sites for hydroxylation is 1. The summed E-state index contributed by atoms with van der Waals surface area (Å²) >= 11 is 1.35. The van der Waals surface area contributed by atoms with Gasteiger partial charge in [0.2, 0.25) is 0 Å². The summed E-state index contributed by atoms with van der Waals surface area (Å²) in [6.45, 7) is 0.420. The average Bonchev–Trinajstić information content (AvgIpc) is 2.70. The lowest BCUT2D eigenvalue weighted by molar-refractivity contribution is -0.137. The Morgan fingerprint density at radius 2 is 1.86 bits per heavy atom. The first-order valence-electron chi connectivity index (χ1n) is 8.94. The summed E-state index contributed by atoms with van der Waals surface area (Å²) in [5.41, 5.74) is 1.83. The van der Waals surface area contributed by atoms with Gasteiger partial charge in [-0.2, -0.15) is 4.98 Å². The van der Waals surface area contributed by atoms with E-state index in [1.165, 1.54) is 30.2 Å². The SMILES string of the molecule is O=C(O)CCCn1cc(Cc2cncnc2)c(=O)nc1SCc1ccc(F)cc1. The lowest BCUT2D eigenvalue weighted by Crippen LogP contribution is -2.20. The van der Waals surface area contributed by atoms with E-state index in [2.05, 4.69) is 15.0 Å². The fraction of sp³-hybridized carbons (Fsp3) is 0.250. The van der Waals surface area contributed by atoms with Gasteiger partial charge in [-0.15, -0.1) is 0 Å². The molecule has 1 aromatic carbocycles. The van der Waals surface area contributed by atoms with E-state index in [1.54, 1.807) is 35.3 Å². The zero-order valence-corrected chi connectivity index (χ0v) is 16.3. The van der Waals surface area contributed by atoms with Gasteiger partial charge < -0.3 is 9.67 Å². The highest BCUT2D eigenvalue weighted by molar-refractivity contribution is 7.98. The van der Waals surface area contributed by atoms with Gasteiger partial charge in [-0.3, -0.25) is 9.59 Å². The molecule has 0 aliphatic rings. The van der Waals surface area contributed by atoms with Gasteiger partial charge in [-0.05, 0) is 29.7 Å². The number of carbonyl (C=O) groups is 1. The molecule has 3 aromatic rings. The second-order valence-corrected chi connectivity index (χ2v) is 7.33. The Morgan fingerprint density at radius 3 is 2.55 bits per heavy atom. The van der Waals surface area contributed by atoms with E-state index in [4.69, 9.17) is 5.11 Å². The number of thioether (sulfide) groups is 1. The highest BCUT2D eigenvalue weighted by Crippen LogP contribution is 2.21. The molecule has 0 unspecified atom stereocenters. The van der Waals surface area contributed by atoms with Crippen LogP contribution in [0.3, 0.4) is 0 Å². The van der Waals surface area contributed by atoms with Crippen molar-refractivity contribution in [3.63, 3.8) is 0 Å². The third kappa shape index (κ3) is 6.21. The van der Waals surface area contributed by atoms with Gasteiger partial charge in [0.05, 0.1) is 0 Å². The molecule has 9 heteroatoms. The summed E-state index contributed by atoms with van der Waals surface area (Å²) in [6, 6.07) is 6.13. The van der Waals surface area contributed by atoms with Crippen molar-refractivity contribution in [1.29, 1.82) is 0 Å². The molecular formula is C20H19FN4O3S. The third-order valence-electron chi connectivity index (χ3n) is 4.11. The molecule has 0 aliphatic carbocycles. The van der Waals surface area contributed by atoms with Gasteiger partial charge in [-0.1, -0.05) is 23.9 Å². The van der Waals surface area contributed by atoms with Crippen molar-refractivity contribution in [3.8, 4) is 0 Å². The summed E-state index contributed by atoms with van der Waals surface area (Å²) in [6.07, 6.45) is 7.19. The Bertz CT molecular complexity index is 1030. The molecule has 0 radical (unpaired) electrons. The van der Waals surface area contributed by atoms with E-state index in [-0.39, 0.29) is 17.8 Å². The molecule has 0 atom stereocenters. The largest absolute Gasteiger partial charge is 0.481 e. The number of hydrogen-bond acceptors (Lipinski definition) is 6. The van der Waals surface area contributed by atoms with Crippen molar-refractivity contribution >= 4 is 17.7 Å². The van der Waals surface area contributed by atoms with Crippen molar-refractivity contribution in [2.24, 2.45) is 0 Å². The summed E-state index contributed by atoms with van der Waals surface area (Å²) in [4.78, 5) is 35.5. The van der Waals surface area contributed by atoms with Crippen LogP contribution in [0.5, 0.6) is 0 Å². The maximum atomic E-state index is 13.1. The molecule has 1 N–H and O–H groups in total. The number of aliphatic carboxylic acids is 1. The second kappa shape index (κ2) is 9.92. The number of nitrogens with zero attached hydrogens (tertiary/aromatic N) is 4. The summed E-state index contributed by atoms with van der Waals surface area (Å²) in [5.74, 6) is -0.671. The van der Waals surface area contributed by atoms with E-state index in [9.17, 15) is 14.0 Å². The van der Waals surface area contributed by atoms with Crippen LogP contribution in [-0.4, -0.2) is 30.6 Å². The predicted molar refractivity (Wildman–Crippen MR) is 106 cm³/mol. The minimum atomic E-state index is -0.874. The molecule has 2 aromatic heterocycles. The van der Waals surface area contributed by atoms with E-state index >= 15 is 0 Å². The Hall–Kier alpha value is -3.07. The van der Waals surface area contributed by atoms with Crippen molar-refractivity contribution in [2.45, 2.75) is 36.7 Å². The van der Waals surface area contributed by atoms with Gasteiger partial charge in [0.1, 0.15) is 12.1 Å². The molecule has 0 spiro atoms. The maximum Gasteiger partial charge on any atom is 0.303 e. The van der Waals surface area contributed by atoms with Crippen molar-refractivity contribution in [1.82, 2.24) is 19.5 Å². The standard InChI is InChI=1S/C20H19FN4O3S/c21-17-5-3-14(4-6-17)12-29-20-24-19(28)16(8-15-9-22-13-23-10-15)11-25(20)7-1-2-18(26)27/h3-6,9-11,13H,1-2,7-8,12H2,(H,26,27). The fourth-order valence-corrected chi connectivity index (χ4v) is 3.63. The smallest absolute Gasteiger partial charge is 0.303 e. The van der Waals surface area contributed by atoms with Gasteiger partial charge in [0, 0.05) is 49.3 Å². The minimum absolute atomic E-state index is 0.0239. The Labute approximate surface area is 170 Å². The molecule has 0 saturated carbocycles. The Kier molecular flexibility index (Phi) is 7.07. The first-order chi connectivity index (χ1) is 14.0. The predicted octanol–water partition coefficient (Wildman–Crippen LogP) is 2.92. The Morgan fingerprint density at radius 1 is 1.14 bits per heavy atom. The third-order valence-corrected chi connectivity index (χ3v) is 5.17. The zero-order valence-electron chi connectivity index (χ0n) is 15.5. The van der Waals surface area contributed by atoms with Crippen molar-refractivity contribution in [3.05, 3.63) is 82.0 Å². The normalized spacial score (nSPS) is 10.8. The van der Waals surface area contributed by atoms with Crippen molar-refractivity contribution in [2.75, 3.05) is 0 Å². The topological polar surface area (TPSA) is 98.0 Å². The summed E-state index contributed by atoms with van der Waals surface area (Å²) in [5, 5.41) is 9.40.